The number of benzene rings is 1. The van der Waals surface area contributed by atoms with Crippen molar-refractivity contribution in [3.05, 3.63) is 35.4 Å². The van der Waals surface area contributed by atoms with Gasteiger partial charge >= 0.3 is 0 Å². The van der Waals surface area contributed by atoms with Crippen molar-refractivity contribution >= 4 is 10.1 Å². The van der Waals surface area contributed by atoms with E-state index in [1.54, 1.807) is 0 Å². The molecule has 0 radical (unpaired) electrons. The quantitative estimate of drug-likeness (QED) is 0.641. The normalized spacial score (nSPS) is 16.9. The molecule has 0 bridgehead atoms. The average Bonchev–Trinajstić information content (AvgIpc) is 2.88. The lowest BCUT2D eigenvalue weighted by Gasteiger charge is -2.11. The molecule has 0 spiro atoms. The van der Waals surface area contributed by atoms with Gasteiger partial charge in [-0.1, -0.05) is 37.1 Å². The van der Waals surface area contributed by atoms with Gasteiger partial charge in [0.05, 0.1) is 5.75 Å². The van der Waals surface area contributed by atoms with E-state index in [0.29, 0.717) is 6.42 Å². The molecule has 4 heteroatoms. The Labute approximate surface area is 115 Å². The fourth-order valence-electron chi connectivity index (χ4n) is 2.88. The molecular weight excluding hydrogens is 260 g/mol. The number of hydrogen-bond acceptors (Lipinski definition) is 2. The van der Waals surface area contributed by atoms with Crippen LogP contribution in [0.15, 0.2) is 24.3 Å². The topological polar surface area (TPSA) is 54.4 Å². The molecule has 106 valence electrons. The van der Waals surface area contributed by atoms with Crippen LogP contribution in [0.25, 0.3) is 0 Å². The summed E-state index contributed by atoms with van der Waals surface area (Å²) in [6.45, 7) is 0. The molecule has 1 aliphatic rings. The summed E-state index contributed by atoms with van der Waals surface area (Å²) in [5.41, 5.74) is 2.71. The van der Waals surface area contributed by atoms with Gasteiger partial charge in [-0.2, -0.15) is 8.42 Å². The van der Waals surface area contributed by atoms with Crippen molar-refractivity contribution in [2.45, 2.75) is 50.9 Å². The van der Waals surface area contributed by atoms with Crippen LogP contribution in [0.4, 0.5) is 0 Å². The maximum Gasteiger partial charge on any atom is 0.264 e. The van der Waals surface area contributed by atoms with Gasteiger partial charge in [0.1, 0.15) is 0 Å². The van der Waals surface area contributed by atoms with E-state index in [2.05, 4.69) is 24.3 Å². The lowest BCUT2D eigenvalue weighted by molar-refractivity contribution is 0.480. The van der Waals surface area contributed by atoms with Gasteiger partial charge in [0, 0.05) is 0 Å². The predicted octanol–water partition coefficient (Wildman–Crippen LogP) is 3.55. The fourth-order valence-corrected chi connectivity index (χ4v) is 3.44. The molecule has 0 unspecified atom stereocenters. The summed E-state index contributed by atoms with van der Waals surface area (Å²) >= 11 is 0. The number of hydrogen-bond donors (Lipinski definition) is 1. The zero-order chi connectivity index (χ0) is 13.7. The molecule has 1 aromatic rings. The van der Waals surface area contributed by atoms with Gasteiger partial charge < -0.3 is 0 Å². The molecule has 3 nitrogen and oxygen atoms in total. The monoisotopic (exact) mass is 282 g/mol. The second kappa shape index (κ2) is 6.53. The largest absolute Gasteiger partial charge is 0.286 e. The minimum Gasteiger partial charge on any atom is -0.286 e. The van der Waals surface area contributed by atoms with Gasteiger partial charge in [0.25, 0.3) is 10.1 Å². The minimum absolute atomic E-state index is 0.130. The first-order valence-corrected chi connectivity index (χ1v) is 8.69. The molecule has 1 aromatic carbocycles. The molecule has 1 saturated carbocycles. The Bertz CT molecular complexity index is 502. The predicted molar refractivity (Wildman–Crippen MR) is 77.0 cm³/mol. The van der Waals surface area contributed by atoms with E-state index in [1.807, 2.05) is 0 Å². The van der Waals surface area contributed by atoms with Crippen molar-refractivity contribution in [3.8, 4) is 0 Å². The lowest BCUT2D eigenvalue weighted by Crippen LogP contribution is -2.04. The minimum atomic E-state index is -3.80. The third-order valence-corrected chi connectivity index (χ3v) is 4.70. The first-order chi connectivity index (χ1) is 9.04. The molecule has 1 fully saturated rings. The molecule has 0 aliphatic heterocycles. The summed E-state index contributed by atoms with van der Waals surface area (Å²) in [7, 11) is -3.80. The van der Waals surface area contributed by atoms with Crippen molar-refractivity contribution in [2.24, 2.45) is 0 Å². The van der Waals surface area contributed by atoms with Crippen molar-refractivity contribution in [1.82, 2.24) is 0 Å². The molecule has 1 aliphatic carbocycles. The van der Waals surface area contributed by atoms with Crippen LogP contribution >= 0.6 is 0 Å². The lowest BCUT2D eigenvalue weighted by atomic mass is 9.95. The Balaban J connectivity index is 1.85. The molecule has 1 N–H and O–H groups in total. The maximum absolute atomic E-state index is 10.6. The fraction of sp³-hybridized carbons (Fsp3) is 0.600. The maximum atomic E-state index is 10.6. The number of rotatable bonds is 6. The van der Waals surface area contributed by atoms with Crippen LogP contribution in [0.3, 0.4) is 0 Å². The van der Waals surface area contributed by atoms with E-state index < -0.39 is 10.1 Å². The van der Waals surface area contributed by atoms with Crippen molar-refractivity contribution < 1.29 is 13.0 Å². The van der Waals surface area contributed by atoms with Gasteiger partial charge in [0.2, 0.25) is 0 Å². The number of aryl methyl sites for hydroxylation is 1. The zero-order valence-corrected chi connectivity index (χ0v) is 12.0. The van der Waals surface area contributed by atoms with Crippen LogP contribution in [-0.2, 0) is 16.5 Å². The summed E-state index contributed by atoms with van der Waals surface area (Å²) in [5.74, 6) is 0.591. The highest BCUT2D eigenvalue weighted by Gasteiger charge is 2.16. The summed E-state index contributed by atoms with van der Waals surface area (Å²) in [6.07, 6.45) is 7.47. The van der Waals surface area contributed by atoms with Crippen LogP contribution < -0.4 is 0 Å². The standard InChI is InChI=1S/C15H22O3S/c16-19(17,18)11-4-3-6-13-7-5-10-15(12-13)14-8-1-2-9-14/h5,7,10,12,14H,1-4,6,8-9,11H2,(H,16,17,18). The van der Waals surface area contributed by atoms with Gasteiger partial charge in [-0.15, -0.1) is 0 Å². The second-order valence-corrected chi connectivity index (χ2v) is 7.04. The first kappa shape index (κ1) is 14.5. The molecule has 0 amide bonds. The summed E-state index contributed by atoms with van der Waals surface area (Å²) < 4.78 is 29.9. The van der Waals surface area contributed by atoms with E-state index >= 15 is 0 Å². The Morgan fingerprint density at radius 1 is 1.16 bits per heavy atom. The Hall–Kier alpha value is -0.870. The summed E-state index contributed by atoms with van der Waals surface area (Å²) in [5, 5.41) is 0. The van der Waals surface area contributed by atoms with Crippen LogP contribution in [0, 0.1) is 0 Å². The van der Waals surface area contributed by atoms with Crippen LogP contribution in [0.1, 0.15) is 55.6 Å². The van der Waals surface area contributed by atoms with E-state index in [-0.39, 0.29) is 5.75 Å². The molecule has 0 saturated heterocycles. The molecule has 0 heterocycles. The second-order valence-electron chi connectivity index (χ2n) is 5.47. The Morgan fingerprint density at radius 3 is 2.58 bits per heavy atom. The van der Waals surface area contributed by atoms with E-state index in [4.69, 9.17) is 4.55 Å². The van der Waals surface area contributed by atoms with E-state index in [1.165, 1.54) is 36.8 Å². The van der Waals surface area contributed by atoms with E-state index in [0.717, 1.165) is 18.8 Å². The molecule has 0 atom stereocenters. The smallest absolute Gasteiger partial charge is 0.264 e. The molecule has 19 heavy (non-hydrogen) atoms. The highest BCUT2D eigenvalue weighted by molar-refractivity contribution is 7.85. The SMILES string of the molecule is O=S(=O)(O)CCCCc1cccc(C2CCCC2)c1. The highest BCUT2D eigenvalue weighted by Crippen LogP contribution is 2.34. The highest BCUT2D eigenvalue weighted by atomic mass is 32.2. The van der Waals surface area contributed by atoms with Crippen molar-refractivity contribution in [2.75, 3.05) is 5.75 Å². The van der Waals surface area contributed by atoms with Crippen LogP contribution in [0.5, 0.6) is 0 Å². The van der Waals surface area contributed by atoms with Gasteiger partial charge in [-0.25, -0.2) is 0 Å². The first-order valence-electron chi connectivity index (χ1n) is 7.08. The van der Waals surface area contributed by atoms with Gasteiger partial charge in [-0.3, -0.25) is 4.55 Å². The molecular formula is C15H22O3S. The Kier molecular flexibility index (Phi) is 4.99. The van der Waals surface area contributed by atoms with Gasteiger partial charge in [-0.05, 0) is 49.1 Å². The molecule has 2 rings (SSSR count). The third kappa shape index (κ3) is 4.96. The summed E-state index contributed by atoms with van der Waals surface area (Å²) in [4.78, 5) is 0. The van der Waals surface area contributed by atoms with Crippen molar-refractivity contribution in [1.29, 1.82) is 0 Å². The molecule has 0 aromatic heterocycles. The zero-order valence-electron chi connectivity index (χ0n) is 11.2. The summed E-state index contributed by atoms with van der Waals surface area (Å²) in [6, 6.07) is 8.68. The third-order valence-electron chi connectivity index (χ3n) is 3.90. The Morgan fingerprint density at radius 2 is 1.89 bits per heavy atom. The number of unbranched alkanes of at least 4 members (excludes halogenated alkanes) is 1. The van der Waals surface area contributed by atoms with Gasteiger partial charge in [0.15, 0.2) is 0 Å². The van der Waals surface area contributed by atoms with E-state index in [9.17, 15) is 8.42 Å². The van der Waals surface area contributed by atoms with Crippen molar-refractivity contribution in [3.63, 3.8) is 0 Å². The van der Waals surface area contributed by atoms with Crippen LogP contribution in [0.2, 0.25) is 0 Å². The van der Waals surface area contributed by atoms with Crippen LogP contribution in [-0.4, -0.2) is 18.7 Å². The average molecular weight is 282 g/mol.